The summed E-state index contributed by atoms with van der Waals surface area (Å²) in [7, 11) is 0. The molecule has 1 atom stereocenters. The Morgan fingerprint density at radius 3 is 2.62 bits per heavy atom. The van der Waals surface area contributed by atoms with Crippen LogP contribution in [0.25, 0.3) is 6.08 Å². The van der Waals surface area contributed by atoms with Gasteiger partial charge in [-0.25, -0.2) is 9.97 Å². The molecule has 1 unspecified atom stereocenters. The van der Waals surface area contributed by atoms with Crippen molar-refractivity contribution in [3.8, 4) is 17.5 Å². The molecule has 3 rings (SSSR count). The number of pyridine rings is 2. The van der Waals surface area contributed by atoms with Crippen molar-refractivity contribution in [1.29, 1.82) is 0 Å². The SMILES string of the molecule is CC/C(=C\c1ccc(Oc2cnc(OCC3CC3)cc2Cl)nc1)C(C)CC(C)=O. The molecule has 1 fully saturated rings. The topological polar surface area (TPSA) is 61.3 Å². The van der Waals surface area contributed by atoms with Crippen LogP contribution in [0.3, 0.4) is 0 Å². The van der Waals surface area contributed by atoms with Gasteiger partial charge in [0.05, 0.1) is 17.8 Å². The second-order valence-electron chi connectivity index (χ2n) is 7.62. The van der Waals surface area contributed by atoms with Crippen molar-refractivity contribution in [3.05, 3.63) is 46.8 Å². The largest absolute Gasteiger partial charge is 0.477 e. The molecule has 2 heterocycles. The summed E-state index contributed by atoms with van der Waals surface area (Å²) in [4.78, 5) is 20.0. The number of hydrogen-bond acceptors (Lipinski definition) is 5. The van der Waals surface area contributed by atoms with Crippen molar-refractivity contribution >= 4 is 23.5 Å². The Kier molecular flexibility index (Phi) is 7.26. The maximum atomic E-state index is 11.4. The molecule has 0 N–H and O–H groups in total. The van der Waals surface area contributed by atoms with Crippen molar-refractivity contribution < 1.29 is 14.3 Å². The highest BCUT2D eigenvalue weighted by molar-refractivity contribution is 6.32. The Morgan fingerprint density at radius 2 is 2.03 bits per heavy atom. The van der Waals surface area contributed by atoms with E-state index in [1.807, 2.05) is 6.07 Å². The smallest absolute Gasteiger partial charge is 0.219 e. The second-order valence-corrected chi connectivity index (χ2v) is 8.03. The minimum atomic E-state index is 0.202. The molecule has 0 amide bonds. The highest BCUT2D eigenvalue weighted by Crippen LogP contribution is 2.32. The zero-order chi connectivity index (χ0) is 20.8. The summed E-state index contributed by atoms with van der Waals surface area (Å²) in [5, 5.41) is 0.433. The summed E-state index contributed by atoms with van der Waals surface area (Å²) < 4.78 is 11.4. The zero-order valence-corrected chi connectivity index (χ0v) is 17.9. The molecule has 0 bridgehead atoms. The number of carbonyl (C=O) groups excluding carboxylic acids is 1. The summed E-state index contributed by atoms with van der Waals surface area (Å²) in [6.45, 7) is 6.49. The number of Topliss-reactive ketones (excluding diaryl/α,β-unsaturated/α-hetero) is 1. The predicted octanol–water partition coefficient (Wildman–Crippen LogP) is 6.12. The van der Waals surface area contributed by atoms with Crippen LogP contribution in [-0.4, -0.2) is 22.4 Å². The summed E-state index contributed by atoms with van der Waals surface area (Å²) in [5.74, 6) is 2.46. The lowest BCUT2D eigenvalue weighted by molar-refractivity contribution is -0.117. The molecule has 0 aromatic carbocycles. The predicted molar refractivity (Wildman–Crippen MR) is 115 cm³/mol. The van der Waals surface area contributed by atoms with Crippen LogP contribution in [-0.2, 0) is 4.79 Å². The molecule has 0 spiro atoms. The Balaban J connectivity index is 1.63. The molecule has 29 heavy (non-hydrogen) atoms. The van der Waals surface area contributed by atoms with Crippen LogP contribution < -0.4 is 9.47 Å². The van der Waals surface area contributed by atoms with E-state index in [0.29, 0.717) is 41.5 Å². The molecular formula is C23H27ClN2O3. The van der Waals surface area contributed by atoms with Gasteiger partial charge in [-0.2, -0.15) is 0 Å². The number of allylic oxidation sites excluding steroid dienone is 1. The van der Waals surface area contributed by atoms with Gasteiger partial charge in [-0.05, 0) is 49.7 Å². The average molecular weight is 415 g/mol. The van der Waals surface area contributed by atoms with Crippen LogP contribution >= 0.6 is 11.6 Å². The van der Waals surface area contributed by atoms with Gasteiger partial charge in [-0.15, -0.1) is 0 Å². The summed E-state index contributed by atoms with van der Waals surface area (Å²) in [5.41, 5.74) is 2.20. The highest BCUT2D eigenvalue weighted by Gasteiger charge is 2.22. The van der Waals surface area contributed by atoms with Gasteiger partial charge in [-0.3, -0.25) is 0 Å². The fourth-order valence-electron chi connectivity index (χ4n) is 3.06. The first-order chi connectivity index (χ1) is 13.9. The first-order valence-corrected chi connectivity index (χ1v) is 10.4. The molecule has 0 saturated heterocycles. The van der Waals surface area contributed by atoms with Gasteiger partial charge in [0.15, 0.2) is 5.75 Å². The van der Waals surface area contributed by atoms with E-state index in [9.17, 15) is 4.79 Å². The molecule has 2 aromatic heterocycles. The van der Waals surface area contributed by atoms with Crippen LogP contribution in [0.5, 0.6) is 17.5 Å². The molecule has 6 heteroatoms. The second kappa shape index (κ2) is 9.88. The van der Waals surface area contributed by atoms with Crippen molar-refractivity contribution in [2.75, 3.05) is 6.61 Å². The van der Waals surface area contributed by atoms with Crippen LogP contribution in [0.1, 0.15) is 52.0 Å². The number of halogens is 1. The minimum Gasteiger partial charge on any atom is -0.477 e. The lowest BCUT2D eigenvalue weighted by Gasteiger charge is -2.13. The quantitative estimate of drug-likeness (QED) is 0.468. The number of nitrogens with zero attached hydrogens (tertiary/aromatic N) is 2. The van der Waals surface area contributed by atoms with E-state index in [1.54, 1.807) is 31.5 Å². The minimum absolute atomic E-state index is 0.202. The summed E-state index contributed by atoms with van der Waals surface area (Å²) >= 11 is 6.30. The lowest BCUT2D eigenvalue weighted by Crippen LogP contribution is -2.04. The molecule has 154 valence electrons. The number of aromatic nitrogens is 2. The standard InChI is InChI=1S/C23H27ClN2O3/c1-4-19(15(2)9-16(3)27)10-18-7-8-22(25-12-18)29-21-13-26-23(11-20(21)24)28-14-17-5-6-17/h7-8,10-13,15,17H,4-6,9,14H2,1-3H3/b19-10+. The number of ether oxygens (including phenoxy) is 2. The van der Waals surface area contributed by atoms with Gasteiger partial charge >= 0.3 is 0 Å². The normalized spacial score (nSPS) is 15.1. The Hall–Kier alpha value is -2.40. The fraction of sp³-hybridized carbons (Fsp3) is 0.435. The van der Waals surface area contributed by atoms with E-state index in [-0.39, 0.29) is 11.7 Å². The van der Waals surface area contributed by atoms with Gasteiger partial charge in [-0.1, -0.05) is 37.1 Å². The van der Waals surface area contributed by atoms with Gasteiger partial charge in [0, 0.05) is 24.8 Å². The molecule has 0 aliphatic heterocycles. The van der Waals surface area contributed by atoms with E-state index in [2.05, 4.69) is 29.9 Å². The van der Waals surface area contributed by atoms with Gasteiger partial charge in [0.1, 0.15) is 5.78 Å². The van der Waals surface area contributed by atoms with Crippen molar-refractivity contribution in [3.63, 3.8) is 0 Å². The monoisotopic (exact) mass is 414 g/mol. The Morgan fingerprint density at radius 1 is 1.28 bits per heavy atom. The first kappa shape index (κ1) is 21.3. The van der Waals surface area contributed by atoms with Crippen molar-refractivity contribution in [1.82, 2.24) is 9.97 Å². The third-order valence-electron chi connectivity index (χ3n) is 4.92. The third-order valence-corrected chi connectivity index (χ3v) is 5.21. The summed E-state index contributed by atoms with van der Waals surface area (Å²) in [6.07, 6.45) is 9.29. The van der Waals surface area contributed by atoms with Crippen molar-refractivity contribution in [2.45, 2.75) is 46.5 Å². The highest BCUT2D eigenvalue weighted by atomic mass is 35.5. The fourth-order valence-corrected chi connectivity index (χ4v) is 3.24. The van der Waals surface area contributed by atoms with Gasteiger partial charge in [0.2, 0.25) is 11.8 Å². The molecular weight excluding hydrogens is 388 g/mol. The molecule has 1 saturated carbocycles. The van der Waals surface area contributed by atoms with E-state index < -0.39 is 0 Å². The van der Waals surface area contributed by atoms with Crippen LogP contribution in [0.15, 0.2) is 36.2 Å². The zero-order valence-electron chi connectivity index (χ0n) is 17.2. The molecule has 5 nitrogen and oxygen atoms in total. The molecule has 1 aliphatic carbocycles. The summed E-state index contributed by atoms with van der Waals surface area (Å²) in [6, 6.07) is 5.40. The molecule has 1 aliphatic rings. The molecule has 2 aromatic rings. The Labute approximate surface area is 177 Å². The van der Waals surface area contributed by atoms with E-state index in [1.165, 1.54) is 18.4 Å². The number of hydrogen-bond donors (Lipinski definition) is 0. The van der Waals surface area contributed by atoms with E-state index >= 15 is 0 Å². The van der Waals surface area contributed by atoms with Crippen LogP contribution in [0, 0.1) is 11.8 Å². The van der Waals surface area contributed by atoms with Crippen molar-refractivity contribution in [2.24, 2.45) is 11.8 Å². The number of carbonyl (C=O) groups is 1. The van der Waals surface area contributed by atoms with E-state index in [4.69, 9.17) is 21.1 Å². The first-order valence-electron chi connectivity index (χ1n) is 10.1. The average Bonchev–Trinajstić information content (AvgIpc) is 3.51. The third kappa shape index (κ3) is 6.57. The number of rotatable bonds is 10. The van der Waals surface area contributed by atoms with Gasteiger partial charge < -0.3 is 14.3 Å². The lowest BCUT2D eigenvalue weighted by atomic mass is 9.92. The number of ketones is 1. The van der Waals surface area contributed by atoms with Crippen LogP contribution in [0.4, 0.5) is 0 Å². The van der Waals surface area contributed by atoms with Crippen LogP contribution in [0.2, 0.25) is 5.02 Å². The van der Waals surface area contributed by atoms with Gasteiger partial charge in [0.25, 0.3) is 0 Å². The van der Waals surface area contributed by atoms with E-state index in [0.717, 1.165) is 12.0 Å². The Bertz CT molecular complexity index is 876. The molecule has 0 radical (unpaired) electrons. The maximum Gasteiger partial charge on any atom is 0.219 e. The maximum absolute atomic E-state index is 11.4.